The molecule has 1 heterocycles. The summed E-state index contributed by atoms with van der Waals surface area (Å²) in [6.45, 7) is 2.53. The number of nitrogens with zero attached hydrogens (tertiary/aromatic N) is 2. The van der Waals surface area contributed by atoms with Crippen molar-refractivity contribution in [1.29, 1.82) is 0 Å². The number of rotatable bonds is 2. The maximum atomic E-state index is 5.95. The fourth-order valence-corrected chi connectivity index (χ4v) is 1.58. The maximum Gasteiger partial charge on any atom is 0.222 e. The Morgan fingerprint density at radius 3 is 2.93 bits per heavy atom. The van der Waals surface area contributed by atoms with Gasteiger partial charge in [-0.3, -0.25) is 0 Å². The first-order valence-corrected chi connectivity index (χ1v) is 4.94. The Hall–Kier alpha value is -1.55. The molecule has 5 heteroatoms. The minimum atomic E-state index is 0.177. The number of aromatic nitrogens is 2. The summed E-state index contributed by atoms with van der Waals surface area (Å²) in [6.07, 6.45) is 0. The fraction of sp³-hybridized carbons (Fsp3) is 0.200. The first-order valence-electron chi connectivity index (χ1n) is 4.56. The van der Waals surface area contributed by atoms with Crippen molar-refractivity contribution >= 4 is 28.5 Å². The molecule has 15 heavy (non-hydrogen) atoms. The van der Waals surface area contributed by atoms with Gasteiger partial charge < -0.3 is 10.5 Å². The Morgan fingerprint density at radius 1 is 1.40 bits per heavy atom. The first-order chi connectivity index (χ1) is 7.20. The lowest BCUT2D eigenvalue weighted by Gasteiger charge is -2.05. The number of benzene rings is 1. The van der Waals surface area contributed by atoms with Crippen LogP contribution in [0.1, 0.15) is 6.92 Å². The molecule has 2 rings (SSSR count). The van der Waals surface area contributed by atoms with E-state index in [0.29, 0.717) is 11.8 Å². The van der Waals surface area contributed by atoms with Gasteiger partial charge in [-0.2, -0.15) is 0 Å². The van der Waals surface area contributed by atoms with Crippen LogP contribution < -0.4 is 10.5 Å². The molecule has 78 valence electrons. The van der Waals surface area contributed by atoms with Crippen molar-refractivity contribution in [2.45, 2.75) is 6.92 Å². The number of fused-ring (bicyclic) bond motifs is 1. The minimum absolute atomic E-state index is 0.177. The molecule has 0 saturated carbocycles. The Kier molecular flexibility index (Phi) is 2.60. The van der Waals surface area contributed by atoms with Gasteiger partial charge in [-0.05, 0) is 25.1 Å². The van der Waals surface area contributed by atoms with Crippen LogP contribution in [0.5, 0.6) is 5.75 Å². The zero-order valence-electron chi connectivity index (χ0n) is 8.20. The molecule has 0 aliphatic rings. The van der Waals surface area contributed by atoms with Crippen LogP contribution in [0.4, 0.5) is 5.95 Å². The average molecular weight is 224 g/mol. The highest BCUT2D eigenvalue weighted by Crippen LogP contribution is 2.25. The number of halogens is 1. The summed E-state index contributed by atoms with van der Waals surface area (Å²) >= 11 is 5.95. The molecule has 0 aliphatic carbocycles. The van der Waals surface area contributed by atoms with Crippen molar-refractivity contribution in [2.75, 3.05) is 12.3 Å². The van der Waals surface area contributed by atoms with Crippen LogP contribution in [0.3, 0.4) is 0 Å². The Morgan fingerprint density at radius 2 is 2.20 bits per heavy atom. The summed E-state index contributed by atoms with van der Waals surface area (Å²) in [5.41, 5.74) is 6.20. The summed E-state index contributed by atoms with van der Waals surface area (Å²) in [4.78, 5) is 7.94. The molecule has 0 amide bonds. The second kappa shape index (κ2) is 3.90. The molecule has 2 N–H and O–H groups in total. The smallest absolute Gasteiger partial charge is 0.222 e. The second-order valence-corrected chi connectivity index (χ2v) is 3.34. The molecule has 2 aromatic rings. The number of ether oxygens (including phenoxy) is 1. The highest BCUT2D eigenvalue weighted by atomic mass is 35.5. The van der Waals surface area contributed by atoms with E-state index < -0.39 is 0 Å². The summed E-state index contributed by atoms with van der Waals surface area (Å²) in [5, 5.41) is 1.09. The van der Waals surface area contributed by atoms with E-state index in [-0.39, 0.29) is 5.95 Å². The van der Waals surface area contributed by atoms with Gasteiger partial charge in [0, 0.05) is 5.39 Å². The van der Waals surface area contributed by atoms with Crippen molar-refractivity contribution in [3.05, 3.63) is 23.4 Å². The second-order valence-electron chi connectivity index (χ2n) is 2.98. The number of hydrogen-bond acceptors (Lipinski definition) is 4. The third-order valence-electron chi connectivity index (χ3n) is 1.95. The first kappa shape index (κ1) is 9.98. The van der Waals surface area contributed by atoms with Crippen LogP contribution in [0.2, 0.25) is 5.15 Å². The Labute approximate surface area is 92.0 Å². The summed E-state index contributed by atoms with van der Waals surface area (Å²) in [7, 11) is 0. The highest BCUT2D eigenvalue weighted by molar-refractivity contribution is 6.34. The minimum Gasteiger partial charge on any atom is -0.494 e. The van der Waals surface area contributed by atoms with E-state index in [0.717, 1.165) is 16.7 Å². The van der Waals surface area contributed by atoms with Crippen molar-refractivity contribution in [2.24, 2.45) is 0 Å². The maximum absolute atomic E-state index is 5.95. The van der Waals surface area contributed by atoms with Gasteiger partial charge in [0.2, 0.25) is 5.95 Å². The molecule has 1 aromatic carbocycles. The highest BCUT2D eigenvalue weighted by Gasteiger charge is 2.05. The van der Waals surface area contributed by atoms with Gasteiger partial charge in [-0.25, -0.2) is 9.97 Å². The van der Waals surface area contributed by atoms with Crippen molar-refractivity contribution < 1.29 is 4.74 Å². The van der Waals surface area contributed by atoms with Crippen LogP contribution in [-0.2, 0) is 0 Å². The van der Waals surface area contributed by atoms with Gasteiger partial charge in [0.25, 0.3) is 0 Å². The van der Waals surface area contributed by atoms with E-state index in [1.807, 2.05) is 19.1 Å². The van der Waals surface area contributed by atoms with Gasteiger partial charge >= 0.3 is 0 Å². The van der Waals surface area contributed by atoms with Crippen LogP contribution in [-0.4, -0.2) is 16.6 Å². The van der Waals surface area contributed by atoms with Gasteiger partial charge in [0.15, 0.2) is 0 Å². The molecule has 0 spiro atoms. The number of nitrogens with two attached hydrogens (primary N) is 1. The zero-order valence-corrected chi connectivity index (χ0v) is 8.95. The lowest BCUT2D eigenvalue weighted by atomic mass is 10.2. The van der Waals surface area contributed by atoms with Gasteiger partial charge in [0.1, 0.15) is 10.9 Å². The van der Waals surface area contributed by atoms with Crippen LogP contribution in [0.25, 0.3) is 10.9 Å². The normalized spacial score (nSPS) is 10.5. The predicted octanol–water partition coefficient (Wildman–Crippen LogP) is 2.26. The molecule has 0 aliphatic heterocycles. The number of hydrogen-bond donors (Lipinski definition) is 1. The van der Waals surface area contributed by atoms with Crippen LogP contribution in [0.15, 0.2) is 18.2 Å². The molecule has 0 fully saturated rings. The topological polar surface area (TPSA) is 61.0 Å². The standard InChI is InChI=1S/C10H10ClN3O/c1-2-15-6-3-4-8-7(5-6)9(11)14-10(12)13-8/h3-5H,2H2,1H3,(H2,12,13,14). The number of nitrogen functional groups attached to an aromatic ring is 1. The fourth-order valence-electron chi connectivity index (χ4n) is 1.34. The molecule has 0 bridgehead atoms. The largest absolute Gasteiger partial charge is 0.494 e. The predicted molar refractivity (Wildman–Crippen MR) is 60.1 cm³/mol. The average Bonchev–Trinajstić information content (AvgIpc) is 2.19. The van der Waals surface area contributed by atoms with Crippen molar-refractivity contribution in [3.8, 4) is 5.75 Å². The molecule has 0 saturated heterocycles. The van der Waals surface area contributed by atoms with Crippen molar-refractivity contribution in [3.63, 3.8) is 0 Å². The number of anilines is 1. The zero-order chi connectivity index (χ0) is 10.8. The molecular weight excluding hydrogens is 214 g/mol. The third-order valence-corrected chi connectivity index (χ3v) is 2.24. The van der Waals surface area contributed by atoms with Gasteiger partial charge in [-0.15, -0.1) is 0 Å². The van der Waals surface area contributed by atoms with Crippen LogP contribution in [0, 0.1) is 0 Å². The van der Waals surface area contributed by atoms with Gasteiger partial charge in [-0.1, -0.05) is 11.6 Å². The molecule has 1 aromatic heterocycles. The quantitative estimate of drug-likeness (QED) is 0.794. The molecular formula is C10H10ClN3O. The van der Waals surface area contributed by atoms with E-state index >= 15 is 0 Å². The molecule has 0 radical (unpaired) electrons. The van der Waals surface area contributed by atoms with E-state index in [4.69, 9.17) is 22.1 Å². The van der Waals surface area contributed by atoms with E-state index in [1.54, 1.807) is 6.07 Å². The molecule has 0 unspecified atom stereocenters. The van der Waals surface area contributed by atoms with Gasteiger partial charge in [0.05, 0.1) is 12.1 Å². The monoisotopic (exact) mass is 223 g/mol. The third kappa shape index (κ3) is 1.94. The van der Waals surface area contributed by atoms with E-state index in [9.17, 15) is 0 Å². The molecule has 4 nitrogen and oxygen atoms in total. The summed E-state index contributed by atoms with van der Waals surface area (Å²) < 4.78 is 5.35. The van der Waals surface area contributed by atoms with Crippen LogP contribution >= 0.6 is 11.6 Å². The van der Waals surface area contributed by atoms with E-state index in [1.165, 1.54) is 0 Å². The lowest BCUT2D eigenvalue weighted by Crippen LogP contribution is -1.96. The lowest BCUT2D eigenvalue weighted by molar-refractivity contribution is 0.340. The summed E-state index contributed by atoms with van der Waals surface area (Å²) in [5.74, 6) is 0.928. The SMILES string of the molecule is CCOc1ccc2nc(N)nc(Cl)c2c1. The van der Waals surface area contributed by atoms with E-state index in [2.05, 4.69) is 9.97 Å². The molecule has 0 atom stereocenters. The van der Waals surface area contributed by atoms with Crippen molar-refractivity contribution in [1.82, 2.24) is 9.97 Å². The summed E-state index contributed by atoms with van der Waals surface area (Å²) in [6, 6.07) is 5.44. The Balaban J connectivity index is 2.60. The Bertz CT molecular complexity index is 501.